The van der Waals surface area contributed by atoms with Gasteiger partial charge in [0.2, 0.25) is 11.8 Å². The van der Waals surface area contributed by atoms with E-state index in [1.807, 2.05) is 83.0 Å². The summed E-state index contributed by atoms with van der Waals surface area (Å²) in [5.41, 5.74) is 2.91. The van der Waals surface area contributed by atoms with Gasteiger partial charge in [-0.15, -0.1) is 11.8 Å². The maximum Gasteiger partial charge on any atom is 0.459 e. The first kappa shape index (κ1) is 95.4. The summed E-state index contributed by atoms with van der Waals surface area (Å²) in [6.07, 6.45) is 2.02. The van der Waals surface area contributed by atoms with Gasteiger partial charge in [0.25, 0.3) is 0 Å². The van der Waals surface area contributed by atoms with Gasteiger partial charge in [0.15, 0.2) is 0 Å². The highest BCUT2D eigenvalue weighted by atomic mass is 35.5. The highest BCUT2D eigenvalue weighted by molar-refractivity contribution is 8.52. The molecule has 1 aromatic heterocycles. The molecule has 3 saturated heterocycles. The number of anilines is 1. The van der Waals surface area contributed by atoms with Gasteiger partial charge in [0.05, 0.1) is 56.4 Å². The molecule has 27 nitrogen and oxygen atoms in total. The largest absolute Gasteiger partial charge is 0.459 e. The minimum absolute atomic E-state index is 0.00384. The molecular weight excluding hydrogens is 1540 g/mol. The molecule has 564 valence electrons. The van der Waals surface area contributed by atoms with E-state index in [9.17, 15) is 27.4 Å². The molecule has 0 radical (unpaired) electrons. The average molecular weight is 1650 g/mol. The highest BCUT2D eigenvalue weighted by Gasteiger charge is 2.31. The first-order valence-corrected chi connectivity index (χ1v) is 47.8. The van der Waals surface area contributed by atoms with Crippen LogP contribution in [0, 0.1) is 13.8 Å². The molecule has 2 aromatic carbocycles. The second kappa shape index (κ2) is 49.3. The smallest absolute Gasteiger partial charge is 0.413 e. The number of thioether (sulfide) groups is 7. The minimum atomic E-state index is -3.35. The second-order valence-electron chi connectivity index (χ2n) is 20.5. The molecule has 4 heterocycles. The second-order valence-corrected chi connectivity index (χ2v) is 40.0. The number of nitrogens with one attached hydrogen (secondary N) is 3. The Morgan fingerprint density at radius 3 is 1.46 bits per heavy atom. The Hall–Kier alpha value is -0.630. The van der Waals surface area contributed by atoms with Crippen LogP contribution in [0.1, 0.15) is 121 Å². The predicted octanol–water partition coefficient (Wildman–Crippen LogP) is 19.6. The minimum Gasteiger partial charge on any atom is -0.413 e. The molecule has 6 rings (SSSR count). The third kappa shape index (κ3) is 37.6. The monoisotopic (exact) mass is 1650 g/mol. The summed E-state index contributed by atoms with van der Waals surface area (Å²) in [5, 5.41) is 9.77. The van der Waals surface area contributed by atoms with E-state index in [1.54, 1.807) is 143 Å². The van der Waals surface area contributed by atoms with E-state index in [4.69, 9.17) is 65.9 Å². The standard InChI is InChI=1S/C13H22NO3PS.C12H19ClNO3P.C11H21N4O3P.C8H16NO3PS2.C7H14NO3PS2.C6H12NO3PS2/c1-6-16-18(15,14-10(2)3)17-12-7-8-13(19-5)11(4)9-12;1-12(2,3)9-6-7-11(10(13)8-9)17-18(15,14-4)16-5;1-6-15(7-2)11-13-9(3)8-10(14-11)18-19(16,12-4)17-5;1-4-11-13(10,12-5-2)9-8-14-6-7(3)15-8;1-3-10-12(9,11-4-2)8-7-13-5-6-14-7;1-3-9-11(8,10-4-2)7-6-12-5-13-6/h7-10H,6H2,1-5H3,(H,14,15);6-8H,1-5H3,(H,14,15);8H,6-7H2,1-5H3,(H,12,16);7H,4-6H2,1-3H3;3-6H2,1-2H3;3-5H2,1-2H3/b;;;9-8+;;. The Labute approximate surface area is 618 Å². The topological polar surface area (TPSA) is 315 Å². The normalized spacial score (nSPS) is 16.9. The van der Waals surface area contributed by atoms with Gasteiger partial charge in [-0.25, -0.2) is 47.6 Å². The highest BCUT2D eigenvalue weighted by Crippen LogP contribution is 2.55. The maximum absolute atomic E-state index is 12.5. The van der Waals surface area contributed by atoms with E-state index >= 15 is 0 Å². The summed E-state index contributed by atoms with van der Waals surface area (Å²) in [4.78, 5) is 11.8. The van der Waals surface area contributed by atoms with Crippen molar-refractivity contribution >= 4 is 159 Å². The van der Waals surface area contributed by atoms with Crippen molar-refractivity contribution < 1.29 is 81.7 Å². The molecule has 0 aliphatic carbocycles. The van der Waals surface area contributed by atoms with Gasteiger partial charge >= 0.3 is 46.5 Å². The van der Waals surface area contributed by atoms with Crippen molar-refractivity contribution in [2.75, 3.05) is 121 Å². The van der Waals surface area contributed by atoms with Crippen molar-refractivity contribution in [3.63, 3.8) is 0 Å². The van der Waals surface area contributed by atoms with Crippen LogP contribution < -0.4 is 33.7 Å². The van der Waals surface area contributed by atoms with E-state index in [2.05, 4.69) is 67.2 Å². The van der Waals surface area contributed by atoms with Gasteiger partial charge in [-0.2, -0.15) is 19.3 Å². The fourth-order valence-corrected chi connectivity index (χ4v) is 22.1. The van der Waals surface area contributed by atoms with Crippen LogP contribution in [0.2, 0.25) is 5.02 Å². The van der Waals surface area contributed by atoms with Crippen LogP contribution >= 0.6 is 140 Å². The third-order valence-electron chi connectivity index (χ3n) is 11.4. The van der Waals surface area contributed by atoms with Crippen molar-refractivity contribution in [3.8, 4) is 17.4 Å². The van der Waals surface area contributed by atoms with E-state index in [-0.39, 0.29) is 17.3 Å². The zero-order chi connectivity index (χ0) is 74.4. The van der Waals surface area contributed by atoms with Crippen molar-refractivity contribution in [1.82, 2.24) is 25.2 Å². The molecule has 4 atom stereocenters. The molecule has 3 aliphatic heterocycles. The summed E-state index contributed by atoms with van der Waals surface area (Å²) in [6.45, 7) is 36.5. The number of benzene rings is 2. The molecule has 0 saturated carbocycles. The first-order chi connectivity index (χ1) is 46.1. The van der Waals surface area contributed by atoms with Gasteiger partial charge in [-0.1, -0.05) is 116 Å². The van der Waals surface area contributed by atoms with Gasteiger partial charge < -0.3 is 18.5 Å². The van der Waals surface area contributed by atoms with Crippen molar-refractivity contribution in [2.45, 2.75) is 139 Å². The van der Waals surface area contributed by atoms with Crippen LogP contribution in [0.5, 0.6) is 17.4 Å². The first-order valence-electron chi connectivity index (χ1n) is 31.2. The summed E-state index contributed by atoms with van der Waals surface area (Å²) in [6, 6.07) is 12.7. The lowest BCUT2D eigenvalue weighted by Gasteiger charge is -2.21. The maximum atomic E-state index is 12.5. The predicted molar refractivity (Wildman–Crippen MR) is 420 cm³/mol. The molecular formula is C57H104ClN9O18P6S7. The number of hydrogen-bond acceptors (Lipinski definition) is 28. The number of rotatable bonds is 33. The molecule has 98 heavy (non-hydrogen) atoms. The quantitative estimate of drug-likeness (QED) is 0.0377. The van der Waals surface area contributed by atoms with E-state index in [1.165, 1.54) is 33.2 Å². The number of aryl methyl sites for hydroxylation is 2. The van der Waals surface area contributed by atoms with E-state index in [0.717, 1.165) is 65.4 Å². The van der Waals surface area contributed by atoms with Crippen LogP contribution in [0.3, 0.4) is 0 Å². The molecule has 0 bridgehead atoms. The fourth-order valence-electron chi connectivity index (χ4n) is 7.06. The van der Waals surface area contributed by atoms with Crippen molar-refractivity contribution in [3.05, 3.63) is 64.3 Å². The van der Waals surface area contributed by atoms with Crippen LogP contribution in [-0.2, 0) is 73.5 Å². The lowest BCUT2D eigenvalue weighted by atomic mass is 9.87. The third-order valence-corrected chi connectivity index (χ3v) is 30.6. The van der Waals surface area contributed by atoms with Gasteiger partial charge in [0.1, 0.15) is 24.6 Å². The molecule has 3 aliphatic rings. The lowest BCUT2D eigenvalue weighted by Crippen LogP contribution is -2.24. The number of aromatic nitrogens is 2. The number of halogens is 1. The zero-order valence-corrected chi connectivity index (χ0v) is 72.2. The fraction of sp³-hybridized carbons (Fsp3) is 0.667. The Bertz CT molecular complexity index is 3200. The van der Waals surface area contributed by atoms with Gasteiger partial charge in [0, 0.05) is 72.5 Å². The van der Waals surface area contributed by atoms with E-state index < -0.39 is 46.5 Å². The molecule has 4 unspecified atom stereocenters. The number of hydrogen-bond donors (Lipinski definition) is 3. The molecule has 3 aromatic rings. The number of nitrogens with zero attached hydrogens (tertiary/aromatic N) is 6. The Morgan fingerprint density at radius 1 is 0.622 bits per heavy atom. The van der Waals surface area contributed by atoms with E-state index in [0.29, 0.717) is 74.0 Å². The Balaban J connectivity index is 0.000000591. The van der Waals surface area contributed by atoms with Crippen LogP contribution in [0.15, 0.2) is 61.6 Å². The molecule has 3 N–H and O–H groups in total. The van der Waals surface area contributed by atoms with Gasteiger partial charge in [-0.05, 0) is 157 Å². The van der Waals surface area contributed by atoms with Crippen LogP contribution in [-0.4, -0.2) is 151 Å². The zero-order valence-electron chi connectivity index (χ0n) is 60.3. The molecule has 0 amide bonds. The summed E-state index contributed by atoms with van der Waals surface area (Å²) in [5.74, 6) is 4.71. The average Bonchev–Trinajstić information content (AvgIpc) is 1.12. The summed E-state index contributed by atoms with van der Waals surface area (Å²) in [7, 11) is -14.0. The van der Waals surface area contributed by atoms with Crippen molar-refractivity contribution in [2.24, 2.45) is 14.3 Å². The van der Waals surface area contributed by atoms with Crippen molar-refractivity contribution in [1.29, 1.82) is 0 Å². The molecule has 0 spiro atoms. The summed E-state index contributed by atoms with van der Waals surface area (Å²) < 4.78 is 148. The van der Waals surface area contributed by atoms with Crippen LogP contribution in [0.25, 0.3) is 0 Å². The Kier molecular flexibility index (Phi) is 48.0. The lowest BCUT2D eigenvalue weighted by molar-refractivity contribution is 0.220. The van der Waals surface area contributed by atoms with Gasteiger partial charge in [-0.3, -0.25) is 40.7 Å². The Morgan fingerprint density at radius 2 is 1.09 bits per heavy atom. The molecule has 41 heteroatoms. The summed E-state index contributed by atoms with van der Waals surface area (Å²) >= 11 is 17.4. The van der Waals surface area contributed by atoms with Crippen LogP contribution in [0.4, 0.5) is 5.95 Å². The molecule has 3 fully saturated rings. The SMILES string of the molecule is CCN(CC)c1nc(C)cc(OP(=O)(NC)OC)n1.CCOP(=O)(/N=C1\SCC(C)S1)OCC.CCOP(=O)(N=C1SCCS1)OCC.CCOP(=O)(N=C1SCS1)OCC.CCOP(=O)(NC(C)C)Oc1ccc(SC)c(C)c1.CNP(=O)(OC)Oc1ccc(C(C)(C)C)cc1Cl.